The predicted octanol–water partition coefficient (Wildman–Crippen LogP) is 4.33. The van der Waals surface area contributed by atoms with E-state index in [2.05, 4.69) is 10.2 Å². The minimum atomic E-state index is -0.250. The Labute approximate surface area is 195 Å². The van der Waals surface area contributed by atoms with Gasteiger partial charge in [0.1, 0.15) is 5.75 Å². The number of aromatic nitrogens is 3. The highest BCUT2D eigenvalue weighted by atomic mass is 32.2. The highest BCUT2D eigenvalue weighted by molar-refractivity contribution is 7.99. The van der Waals surface area contributed by atoms with Gasteiger partial charge in [-0.15, -0.1) is 10.2 Å². The third kappa shape index (κ3) is 3.89. The lowest BCUT2D eigenvalue weighted by atomic mass is 10.1. The molecule has 4 aromatic rings. The lowest BCUT2D eigenvalue weighted by Crippen LogP contribution is -2.31. The second kappa shape index (κ2) is 8.91. The highest BCUT2D eigenvalue weighted by Crippen LogP contribution is 2.30. The van der Waals surface area contributed by atoms with Gasteiger partial charge in [-0.05, 0) is 48.5 Å². The Morgan fingerprint density at radius 1 is 0.818 bits per heavy atom. The number of carbonyl (C=O) groups is 2. The van der Waals surface area contributed by atoms with Gasteiger partial charge >= 0.3 is 0 Å². The van der Waals surface area contributed by atoms with Gasteiger partial charge < -0.3 is 4.74 Å². The number of carbonyl (C=O) groups excluding carboxylic acids is 2. The normalized spacial score (nSPS) is 12.8. The van der Waals surface area contributed by atoms with E-state index in [0.717, 1.165) is 17.0 Å². The first kappa shape index (κ1) is 21.0. The van der Waals surface area contributed by atoms with E-state index >= 15 is 0 Å². The summed E-state index contributed by atoms with van der Waals surface area (Å²) in [6.07, 6.45) is 0. The summed E-state index contributed by atoms with van der Waals surface area (Å²) in [7, 11) is 1.63. The molecule has 0 saturated heterocycles. The van der Waals surface area contributed by atoms with Gasteiger partial charge in [0.05, 0.1) is 18.2 Å². The SMILES string of the molecule is COc1ccc(-c2nnc(SCCN3C(=O)c4ccccc4C3=O)n2-c2ccccc2)cc1. The molecule has 5 rings (SSSR count). The van der Waals surface area contributed by atoms with Crippen LogP contribution in [0.5, 0.6) is 5.75 Å². The monoisotopic (exact) mass is 456 g/mol. The van der Waals surface area contributed by atoms with Crippen LogP contribution in [0.3, 0.4) is 0 Å². The fourth-order valence-electron chi connectivity index (χ4n) is 3.77. The molecule has 164 valence electrons. The molecule has 33 heavy (non-hydrogen) atoms. The Bertz CT molecular complexity index is 1280. The number of amides is 2. The molecule has 7 nitrogen and oxygen atoms in total. The molecule has 2 heterocycles. The third-order valence-corrected chi connectivity index (χ3v) is 6.33. The molecule has 0 atom stereocenters. The zero-order valence-corrected chi connectivity index (χ0v) is 18.7. The van der Waals surface area contributed by atoms with E-state index in [0.29, 0.717) is 27.9 Å². The average Bonchev–Trinajstić information content (AvgIpc) is 3.40. The number of hydrogen-bond acceptors (Lipinski definition) is 6. The first-order chi connectivity index (χ1) is 16.2. The molecule has 0 bridgehead atoms. The van der Waals surface area contributed by atoms with Crippen LogP contribution in [0.4, 0.5) is 0 Å². The molecule has 0 radical (unpaired) electrons. The van der Waals surface area contributed by atoms with E-state index in [1.807, 2.05) is 59.2 Å². The fourth-order valence-corrected chi connectivity index (χ4v) is 4.65. The maximum atomic E-state index is 12.6. The van der Waals surface area contributed by atoms with E-state index in [-0.39, 0.29) is 18.4 Å². The maximum absolute atomic E-state index is 12.6. The zero-order valence-electron chi connectivity index (χ0n) is 17.8. The molecule has 2 amide bonds. The van der Waals surface area contributed by atoms with Crippen LogP contribution in [-0.2, 0) is 0 Å². The summed E-state index contributed by atoms with van der Waals surface area (Å²) in [6.45, 7) is 0.288. The maximum Gasteiger partial charge on any atom is 0.261 e. The lowest BCUT2D eigenvalue weighted by Gasteiger charge is -2.14. The second-order valence-corrected chi connectivity index (χ2v) is 8.42. The summed E-state index contributed by atoms with van der Waals surface area (Å²) >= 11 is 1.45. The van der Waals surface area contributed by atoms with Crippen LogP contribution in [-0.4, -0.2) is 50.9 Å². The second-order valence-electron chi connectivity index (χ2n) is 7.36. The fraction of sp³-hybridized carbons (Fsp3) is 0.120. The number of para-hydroxylation sites is 1. The molecule has 0 aliphatic carbocycles. The van der Waals surface area contributed by atoms with Crippen LogP contribution >= 0.6 is 11.8 Å². The Hall–Kier alpha value is -3.91. The van der Waals surface area contributed by atoms with E-state index in [1.54, 1.807) is 31.4 Å². The van der Waals surface area contributed by atoms with Crippen LogP contribution in [0.1, 0.15) is 20.7 Å². The summed E-state index contributed by atoms with van der Waals surface area (Å²) in [5.74, 6) is 1.46. The summed E-state index contributed by atoms with van der Waals surface area (Å²) in [5.41, 5.74) is 2.75. The van der Waals surface area contributed by atoms with Crippen molar-refractivity contribution in [2.45, 2.75) is 5.16 Å². The van der Waals surface area contributed by atoms with Crippen molar-refractivity contribution in [1.29, 1.82) is 0 Å². The molecular formula is C25H20N4O3S. The molecular weight excluding hydrogens is 436 g/mol. The largest absolute Gasteiger partial charge is 0.497 e. The Balaban J connectivity index is 1.39. The van der Waals surface area contributed by atoms with E-state index < -0.39 is 0 Å². The van der Waals surface area contributed by atoms with Crippen LogP contribution in [0.25, 0.3) is 17.1 Å². The van der Waals surface area contributed by atoms with E-state index in [1.165, 1.54) is 16.7 Å². The summed E-state index contributed by atoms with van der Waals surface area (Å²) in [5, 5.41) is 9.53. The van der Waals surface area contributed by atoms with Crippen molar-refractivity contribution in [1.82, 2.24) is 19.7 Å². The minimum absolute atomic E-state index is 0.250. The first-order valence-electron chi connectivity index (χ1n) is 10.4. The van der Waals surface area contributed by atoms with Gasteiger partial charge in [0.15, 0.2) is 11.0 Å². The van der Waals surface area contributed by atoms with Gasteiger partial charge in [0.25, 0.3) is 11.8 Å². The van der Waals surface area contributed by atoms with Gasteiger partial charge in [-0.2, -0.15) is 0 Å². The molecule has 1 aliphatic heterocycles. The number of benzene rings is 3. The Morgan fingerprint density at radius 3 is 2.09 bits per heavy atom. The van der Waals surface area contributed by atoms with Gasteiger partial charge in [0, 0.05) is 23.5 Å². The summed E-state index contributed by atoms with van der Waals surface area (Å²) in [4.78, 5) is 26.6. The number of imide groups is 1. The van der Waals surface area contributed by atoms with Crippen LogP contribution in [0.15, 0.2) is 84.0 Å². The topological polar surface area (TPSA) is 77.3 Å². The third-order valence-electron chi connectivity index (χ3n) is 5.42. The molecule has 3 aromatic carbocycles. The highest BCUT2D eigenvalue weighted by Gasteiger charge is 2.34. The van der Waals surface area contributed by atoms with Gasteiger partial charge in [0.2, 0.25) is 0 Å². The number of fused-ring (bicyclic) bond motifs is 1. The van der Waals surface area contributed by atoms with Crippen molar-refractivity contribution >= 4 is 23.6 Å². The van der Waals surface area contributed by atoms with Crippen LogP contribution < -0.4 is 4.74 Å². The molecule has 0 fully saturated rings. The van der Waals surface area contributed by atoms with Crippen molar-refractivity contribution in [2.75, 3.05) is 19.4 Å². The first-order valence-corrected chi connectivity index (χ1v) is 11.4. The molecule has 0 saturated carbocycles. The van der Waals surface area contributed by atoms with Crippen molar-refractivity contribution < 1.29 is 14.3 Å². The summed E-state index contributed by atoms with van der Waals surface area (Å²) < 4.78 is 7.24. The van der Waals surface area contributed by atoms with Crippen molar-refractivity contribution in [3.05, 3.63) is 90.0 Å². The predicted molar refractivity (Wildman–Crippen MR) is 126 cm³/mol. The quantitative estimate of drug-likeness (QED) is 0.304. The van der Waals surface area contributed by atoms with Crippen molar-refractivity contribution in [3.63, 3.8) is 0 Å². The summed E-state index contributed by atoms with van der Waals surface area (Å²) in [6, 6.07) is 24.4. The number of ether oxygens (including phenoxy) is 1. The zero-order chi connectivity index (χ0) is 22.8. The molecule has 0 spiro atoms. The minimum Gasteiger partial charge on any atom is -0.497 e. The van der Waals surface area contributed by atoms with E-state index in [9.17, 15) is 9.59 Å². The number of thioether (sulfide) groups is 1. The smallest absolute Gasteiger partial charge is 0.261 e. The number of nitrogens with zero attached hydrogens (tertiary/aromatic N) is 4. The molecule has 0 unspecified atom stereocenters. The Kier molecular flexibility index (Phi) is 5.66. The molecule has 1 aromatic heterocycles. The average molecular weight is 457 g/mol. The molecule has 0 N–H and O–H groups in total. The molecule has 8 heteroatoms. The van der Waals surface area contributed by atoms with Gasteiger partial charge in [-0.1, -0.05) is 42.1 Å². The van der Waals surface area contributed by atoms with Crippen LogP contribution in [0, 0.1) is 0 Å². The number of methoxy groups -OCH3 is 1. The molecule has 1 aliphatic rings. The number of hydrogen-bond donors (Lipinski definition) is 0. The van der Waals surface area contributed by atoms with Gasteiger partial charge in [-0.25, -0.2) is 0 Å². The van der Waals surface area contributed by atoms with Crippen LogP contribution in [0.2, 0.25) is 0 Å². The van der Waals surface area contributed by atoms with Crippen molar-refractivity contribution in [3.8, 4) is 22.8 Å². The van der Waals surface area contributed by atoms with Gasteiger partial charge in [-0.3, -0.25) is 19.1 Å². The standard InChI is InChI=1S/C25H20N4O3S/c1-32-19-13-11-17(12-14-19)22-26-27-25(29(22)18-7-3-2-4-8-18)33-16-15-28-23(30)20-9-5-6-10-21(20)24(28)31/h2-14H,15-16H2,1H3. The lowest BCUT2D eigenvalue weighted by molar-refractivity contribution is 0.0664. The Morgan fingerprint density at radius 2 is 1.45 bits per heavy atom. The van der Waals surface area contributed by atoms with Crippen molar-refractivity contribution in [2.24, 2.45) is 0 Å². The van der Waals surface area contributed by atoms with E-state index in [4.69, 9.17) is 4.74 Å². The number of rotatable bonds is 7.